The second-order valence-corrected chi connectivity index (χ2v) is 18.6. The van der Waals surface area contributed by atoms with E-state index in [9.17, 15) is 0 Å². The van der Waals surface area contributed by atoms with Crippen molar-refractivity contribution in [3.63, 3.8) is 0 Å². The molecule has 0 unspecified atom stereocenters. The van der Waals surface area contributed by atoms with Crippen molar-refractivity contribution in [2.45, 2.75) is 36.1 Å². The largest absolute Gasteiger partial charge is 0.511 e. The van der Waals surface area contributed by atoms with Crippen LogP contribution in [0.3, 0.4) is 0 Å². The minimum Gasteiger partial charge on any atom is -0.511 e. The van der Waals surface area contributed by atoms with Gasteiger partial charge in [0, 0.05) is 32.7 Å². The Labute approximate surface area is 408 Å². The Morgan fingerprint density at radius 2 is 0.836 bits per heavy atom. The maximum absolute atomic E-state index is 5.33. The zero-order valence-corrected chi connectivity index (χ0v) is 39.8. The van der Waals surface area contributed by atoms with Crippen LogP contribution in [0.1, 0.15) is 86.7 Å². The number of nitrogens with zero attached hydrogens (tertiary/aromatic N) is 3. The van der Waals surface area contributed by atoms with E-state index in [0.29, 0.717) is 5.92 Å². The average Bonchev–Trinajstić information content (AvgIpc) is 4.11. The normalized spacial score (nSPS) is 15.9. The molecular weight excluding hydrogens is 994 g/mol. The van der Waals surface area contributed by atoms with Gasteiger partial charge in [0.25, 0.3) is 0 Å². The molecule has 0 radical (unpaired) electrons. The van der Waals surface area contributed by atoms with Gasteiger partial charge in [0.15, 0.2) is 0 Å². The van der Waals surface area contributed by atoms with E-state index in [1.165, 1.54) is 72.3 Å². The molecule has 3 nitrogen and oxygen atoms in total. The van der Waals surface area contributed by atoms with Gasteiger partial charge in [0.2, 0.25) is 0 Å². The number of pyridine rings is 1. The van der Waals surface area contributed by atoms with E-state index in [-0.39, 0.29) is 21.1 Å². The van der Waals surface area contributed by atoms with Crippen molar-refractivity contribution >= 4 is 0 Å². The summed E-state index contributed by atoms with van der Waals surface area (Å²) in [6, 6.07) is 80.5. The maximum Gasteiger partial charge on any atom is 0.0686 e. The molecule has 0 bridgehead atoms. The van der Waals surface area contributed by atoms with Crippen LogP contribution in [0.2, 0.25) is 0 Å². The molecule has 13 rings (SSSR count). The Balaban J connectivity index is 0.00000468. The first-order valence-corrected chi connectivity index (χ1v) is 23.1. The quantitative estimate of drug-likeness (QED) is 0.148. The van der Waals surface area contributed by atoms with Crippen molar-refractivity contribution in [1.82, 2.24) is 14.8 Å². The van der Waals surface area contributed by atoms with Crippen molar-refractivity contribution in [3.8, 4) is 33.4 Å². The van der Waals surface area contributed by atoms with Crippen molar-refractivity contribution < 1.29 is 21.1 Å². The van der Waals surface area contributed by atoms with Crippen LogP contribution in [0.15, 0.2) is 213 Å². The summed E-state index contributed by atoms with van der Waals surface area (Å²) in [4.78, 5) is 9.85. The summed E-state index contributed by atoms with van der Waals surface area (Å²) in [6.07, 6.45) is 6.36. The third-order valence-corrected chi connectivity index (χ3v) is 15.0. The fraction of sp³-hybridized carbons (Fsp3) is 0.111. The Morgan fingerprint density at radius 3 is 1.28 bits per heavy atom. The molecule has 0 atom stereocenters. The average molecular weight is 1040 g/mol. The summed E-state index contributed by atoms with van der Waals surface area (Å²) >= 11 is 0. The molecule has 4 heteroatoms. The SMILES string of the molecule is CC(C)c1ccnc(C2(c3[c-]c(C4(c5[c-]c(C6(N7C=CN(C)[CH-]7)c7ccccc7-c7ccccc76)ccc5)c5ccccc5-c5ccccc54)ccc3)c3ccccc3-c3ccccc32)c1.[Pt]. The van der Waals surface area contributed by atoms with Crippen LogP contribution in [0, 0.1) is 18.8 Å². The van der Waals surface area contributed by atoms with E-state index < -0.39 is 16.4 Å². The fourth-order valence-electron chi connectivity index (χ4n) is 12.3. The van der Waals surface area contributed by atoms with Gasteiger partial charge in [0.1, 0.15) is 0 Å². The van der Waals surface area contributed by atoms with Crippen LogP contribution in [0.5, 0.6) is 0 Å². The van der Waals surface area contributed by atoms with Gasteiger partial charge in [-0.2, -0.15) is 55.2 Å². The predicted molar refractivity (Wildman–Crippen MR) is 265 cm³/mol. The molecule has 0 fully saturated rings. The summed E-state index contributed by atoms with van der Waals surface area (Å²) in [6.45, 7) is 6.74. The van der Waals surface area contributed by atoms with Crippen molar-refractivity contribution in [3.05, 3.63) is 298 Å². The number of aromatic nitrogens is 1. The van der Waals surface area contributed by atoms with Gasteiger partial charge in [-0.1, -0.05) is 159 Å². The first-order valence-electron chi connectivity index (χ1n) is 23.1. The molecule has 0 amide bonds. The van der Waals surface area contributed by atoms with Crippen LogP contribution in [0.4, 0.5) is 0 Å². The number of hydrogen-bond acceptors (Lipinski definition) is 3. The number of hydrogen-bond donors (Lipinski definition) is 0. The zero-order valence-electron chi connectivity index (χ0n) is 37.5. The molecular formula is C63H46N3Pt-3. The molecule has 3 aliphatic carbocycles. The smallest absolute Gasteiger partial charge is 0.0686 e. The standard InChI is InChI=1S/C63H46N3.Pt/c1-42(2)43-34-35-64-60(38-43)62(56-30-12-6-24-50(56)51-25-7-13-31-57(51)62)46-20-16-18-44(39-46)61(54-28-10-4-22-48(54)49-23-5-11-29-55(49)61)45-19-17-21-47(40-45)63(66-37-36-65(3)41-66)58-32-14-8-26-52(58)53-27-9-15-33-59(53)63;/h4-38,41-42H,1-3H3;/q-3;. The molecule has 2 heterocycles. The summed E-state index contributed by atoms with van der Waals surface area (Å²) in [7, 11) is 2.10. The molecule has 8 aromatic carbocycles. The van der Waals surface area contributed by atoms with Gasteiger partial charge >= 0.3 is 0 Å². The van der Waals surface area contributed by atoms with Crippen molar-refractivity contribution in [2.24, 2.45) is 0 Å². The molecule has 4 aliphatic rings. The Morgan fingerprint density at radius 1 is 0.448 bits per heavy atom. The van der Waals surface area contributed by atoms with Crippen LogP contribution in [0.25, 0.3) is 33.4 Å². The minimum atomic E-state index is -0.786. The van der Waals surface area contributed by atoms with Crippen LogP contribution in [-0.4, -0.2) is 21.8 Å². The zero-order chi connectivity index (χ0) is 44.2. The molecule has 9 aromatic rings. The van der Waals surface area contributed by atoms with Gasteiger partial charge in [-0.15, -0.1) is 22.3 Å². The first-order chi connectivity index (χ1) is 32.5. The molecule has 0 N–H and O–H groups in total. The number of rotatable bonds is 7. The molecule has 326 valence electrons. The fourth-order valence-corrected chi connectivity index (χ4v) is 12.3. The molecule has 0 spiro atoms. The summed E-state index contributed by atoms with van der Waals surface area (Å²) < 4.78 is 0. The van der Waals surface area contributed by atoms with Gasteiger partial charge in [-0.05, 0) is 110 Å². The topological polar surface area (TPSA) is 19.4 Å². The summed E-state index contributed by atoms with van der Waals surface area (Å²) in [5.74, 6) is 0.333. The third-order valence-electron chi connectivity index (χ3n) is 15.0. The first kappa shape index (κ1) is 41.4. The Bertz CT molecular complexity index is 3320. The van der Waals surface area contributed by atoms with Gasteiger partial charge in [-0.25, -0.2) is 0 Å². The number of benzene rings is 8. The van der Waals surface area contributed by atoms with E-state index in [2.05, 4.69) is 256 Å². The van der Waals surface area contributed by atoms with Crippen LogP contribution >= 0.6 is 0 Å². The Hall–Kier alpha value is -7.06. The molecule has 0 saturated carbocycles. The summed E-state index contributed by atoms with van der Waals surface area (Å²) in [5.41, 5.74) is 19.1. The Kier molecular flexibility index (Phi) is 9.58. The monoisotopic (exact) mass is 1040 g/mol. The van der Waals surface area contributed by atoms with Crippen molar-refractivity contribution in [1.29, 1.82) is 0 Å². The van der Waals surface area contributed by atoms with E-state index in [0.717, 1.165) is 27.9 Å². The van der Waals surface area contributed by atoms with Crippen LogP contribution in [-0.2, 0) is 37.4 Å². The molecule has 1 aromatic heterocycles. The van der Waals surface area contributed by atoms with E-state index in [1.54, 1.807) is 0 Å². The molecule has 1 aliphatic heterocycles. The second kappa shape index (κ2) is 15.5. The maximum atomic E-state index is 5.33. The van der Waals surface area contributed by atoms with Gasteiger partial charge in [-0.3, -0.25) is 4.98 Å². The van der Waals surface area contributed by atoms with Gasteiger partial charge in [0.05, 0.1) is 16.6 Å². The molecule has 67 heavy (non-hydrogen) atoms. The van der Waals surface area contributed by atoms with Crippen molar-refractivity contribution in [2.75, 3.05) is 7.05 Å². The van der Waals surface area contributed by atoms with E-state index in [1.807, 2.05) is 6.20 Å². The summed E-state index contributed by atoms with van der Waals surface area (Å²) in [5, 5.41) is 0. The predicted octanol–water partition coefficient (Wildman–Crippen LogP) is 13.6. The number of fused-ring (bicyclic) bond motifs is 9. The molecule has 0 saturated heterocycles. The van der Waals surface area contributed by atoms with E-state index in [4.69, 9.17) is 4.98 Å². The van der Waals surface area contributed by atoms with Gasteiger partial charge < -0.3 is 9.80 Å². The van der Waals surface area contributed by atoms with Crippen LogP contribution < -0.4 is 0 Å². The van der Waals surface area contributed by atoms with E-state index >= 15 is 0 Å². The third kappa shape index (κ3) is 5.53. The second-order valence-electron chi connectivity index (χ2n) is 18.6. The minimum absolute atomic E-state index is 0.